The highest BCUT2D eigenvalue weighted by Gasteiger charge is 2.20. The van der Waals surface area contributed by atoms with Crippen LogP contribution in [0.4, 0.5) is 4.39 Å². The van der Waals surface area contributed by atoms with Gasteiger partial charge in [0.25, 0.3) is 0 Å². The van der Waals surface area contributed by atoms with Crippen LogP contribution in [0.2, 0.25) is 5.02 Å². The van der Waals surface area contributed by atoms with Crippen molar-refractivity contribution in [1.82, 2.24) is 0 Å². The van der Waals surface area contributed by atoms with E-state index in [1.54, 1.807) is 32.0 Å². The summed E-state index contributed by atoms with van der Waals surface area (Å²) in [4.78, 5) is 12.5. The van der Waals surface area contributed by atoms with Crippen molar-refractivity contribution < 1.29 is 13.9 Å². The molecule has 122 valence electrons. The fourth-order valence-corrected chi connectivity index (χ4v) is 2.86. The largest absolute Gasteiger partial charge is 0.507 e. The maximum Gasteiger partial charge on any atom is 0.347 e. The topological polar surface area (TPSA) is 50.4 Å². The van der Waals surface area contributed by atoms with E-state index in [-0.39, 0.29) is 17.1 Å². The second-order valence-corrected chi connectivity index (χ2v) is 5.97. The lowest BCUT2D eigenvalue weighted by atomic mass is 9.98. The van der Waals surface area contributed by atoms with E-state index >= 15 is 0 Å². The number of hydrogen-bond acceptors (Lipinski definition) is 3. The number of halogens is 2. The summed E-state index contributed by atoms with van der Waals surface area (Å²) in [6.07, 6.45) is 0. The number of aryl methyl sites for hydroxylation is 1. The standard InChI is InChI=1S/C19H14ClFO3/c1-10-9-13(20)5-8-15(10)16-17(22)11(2)18(24-19(16)23)12-3-6-14(21)7-4-12/h3-9,22H,1-2H3. The van der Waals surface area contributed by atoms with Gasteiger partial charge in [-0.1, -0.05) is 17.7 Å². The van der Waals surface area contributed by atoms with Crippen molar-refractivity contribution in [2.75, 3.05) is 0 Å². The highest BCUT2D eigenvalue weighted by Crippen LogP contribution is 2.36. The van der Waals surface area contributed by atoms with Crippen molar-refractivity contribution in [3.8, 4) is 28.2 Å². The third-order valence-corrected chi connectivity index (χ3v) is 4.13. The average molecular weight is 345 g/mol. The molecule has 0 unspecified atom stereocenters. The van der Waals surface area contributed by atoms with Gasteiger partial charge in [0.15, 0.2) is 0 Å². The Morgan fingerprint density at radius 1 is 1.08 bits per heavy atom. The molecule has 1 N–H and O–H groups in total. The zero-order chi connectivity index (χ0) is 17.4. The van der Waals surface area contributed by atoms with E-state index in [0.717, 1.165) is 5.56 Å². The number of aromatic hydroxyl groups is 1. The van der Waals surface area contributed by atoms with Crippen molar-refractivity contribution >= 4 is 11.6 Å². The molecule has 2 aromatic carbocycles. The minimum absolute atomic E-state index is 0.0903. The number of hydrogen-bond donors (Lipinski definition) is 1. The molecule has 1 heterocycles. The van der Waals surface area contributed by atoms with E-state index in [0.29, 0.717) is 21.7 Å². The first-order chi connectivity index (χ1) is 11.4. The summed E-state index contributed by atoms with van der Waals surface area (Å²) in [5, 5.41) is 11.1. The highest BCUT2D eigenvalue weighted by molar-refractivity contribution is 6.30. The first-order valence-electron chi connectivity index (χ1n) is 7.27. The van der Waals surface area contributed by atoms with Crippen LogP contribution >= 0.6 is 11.6 Å². The zero-order valence-corrected chi connectivity index (χ0v) is 13.8. The maximum absolute atomic E-state index is 13.1. The van der Waals surface area contributed by atoms with Gasteiger partial charge < -0.3 is 9.52 Å². The molecule has 3 nitrogen and oxygen atoms in total. The van der Waals surface area contributed by atoms with Crippen LogP contribution in [0.15, 0.2) is 51.7 Å². The van der Waals surface area contributed by atoms with E-state index in [1.165, 1.54) is 24.3 Å². The fraction of sp³-hybridized carbons (Fsp3) is 0.105. The van der Waals surface area contributed by atoms with Gasteiger partial charge in [-0.2, -0.15) is 0 Å². The molecule has 0 amide bonds. The maximum atomic E-state index is 13.1. The Morgan fingerprint density at radius 3 is 2.38 bits per heavy atom. The molecule has 0 fully saturated rings. The van der Waals surface area contributed by atoms with Crippen LogP contribution in [-0.2, 0) is 0 Å². The first kappa shape index (κ1) is 16.3. The van der Waals surface area contributed by atoms with Crippen LogP contribution < -0.4 is 5.63 Å². The second-order valence-electron chi connectivity index (χ2n) is 5.53. The molecule has 0 saturated heterocycles. The van der Waals surface area contributed by atoms with Crippen molar-refractivity contribution in [1.29, 1.82) is 0 Å². The fourth-order valence-electron chi connectivity index (χ4n) is 2.63. The minimum Gasteiger partial charge on any atom is -0.507 e. The van der Waals surface area contributed by atoms with Gasteiger partial charge in [0, 0.05) is 16.1 Å². The zero-order valence-electron chi connectivity index (χ0n) is 13.1. The third-order valence-electron chi connectivity index (χ3n) is 3.90. The van der Waals surface area contributed by atoms with Crippen LogP contribution in [-0.4, -0.2) is 5.11 Å². The Hall–Kier alpha value is -2.59. The summed E-state index contributed by atoms with van der Waals surface area (Å²) in [5.41, 5.74) is 1.65. The summed E-state index contributed by atoms with van der Waals surface area (Å²) in [6, 6.07) is 10.5. The quantitative estimate of drug-likeness (QED) is 0.704. The molecule has 0 aliphatic rings. The van der Waals surface area contributed by atoms with E-state index in [1.807, 2.05) is 0 Å². The molecule has 24 heavy (non-hydrogen) atoms. The van der Waals surface area contributed by atoms with Gasteiger partial charge in [0.05, 0.1) is 0 Å². The number of rotatable bonds is 2. The van der Waals surface area contributed by atoms with Gasteiger partial charge in [-0.3, -0.25) is 0 Å². The minimum atomic E-state index is -0.664. The van der Waals surface area contributed by atoms with E-state index in [4.69, 9.17) is 16.0 Å². The first-order valence-corrected chi connectivity index (χ1v) is 7.65. The van der Waals surface area contributed by atoms with Crippen molar-refractivity contribution in [3.63, 3.8) is 0 Å². The van der Waals surface area contributed by atoms with Crippen molar-refractivity contribution in [2.24, 2.45) is 0 Å². The van der Waals surface area contributed by atoms with E-state index in [2.05, 4.69) is 0 Å². The molecular formula is C19H14ClFO3. The molecule has 0 radical (unpaired) electrons. The molecular weight excluding hydrogens is 331 g/mol. The lowest BCUT2D eigenvalue weighted by Crippen LogP contribution is -2.07. The molecule has 0 bridgehead atoms. The van der Waals surface area contributed by atoms with Gasteiger partial charge in [0.1, 0.15) is 22.9 Å². The number of benzene rings is 2. The second kappa shape index (κ2) is 6.13. The van der Waals surface area contributed by atoms with Crippen molar-refractivity contribution in [2.45, 2.75) is 13.8 Å². The van der Waals surface area contributed by atoms with Crippen LogP contribution in [0.25, 0.3) is 22.5 Å². The molecule has 1 aromatic heterocycles. The lowest BCUT2D eigenvalue weighted by molar-refractivity contribution is 0.450. The Balaban J connectivity index is 2.23. The Morgan fingerprint density at radius 2 is 1.75 bits per heavy atom. The molecule has 0 spiro atoms. The Kier molecular flexibility index (Phi) is 4.16. The smallest absolute Gasteiger partial charge is 0.347 e. The van der Waals surface area contributed by atoms with Gasteiger partial charge in [-0.25, -0.2) is 9.18 Å². The molecule has 0 aliphatic carbocycles. The molecule has 3 aromatic rings. The monoisotopic (exact) mass is 344 g/mol. The summed E-state index contributed by atoms with van der Waals surface area (Å²) in [5.74, 6) is -0.333. The molecule has 5 heteroatoms. The van der Waals surface area contributed by atoms with Gasteiger partial charge in [0.2, 0.25) is 0 Å². The van der Waals surface area contributed by atoms with Crippen LogP contribution in [0, 0.1) is 19.7 Å². The SMILES string of the molecule is Cc1cc(Cl)ccc1-c1c(O)c(C)c(-c2ccc(F)cc2)oc1=O. The summed E-state index contributed by atoms with van der Waals surface area (Å²) >= 11 is 5.94. The normalized spacial score (nSPS) is 10.8. The summed E-state index contributed by atoms with van der Waals surface area (Å²) in [7, 11) is 0. The van der Waals surface area contributed by atoms with Crippen LogP contribution in [0.5, 0.6) is 5.75 Å². The summed E-state index contributed by atoms with van der Waals surface area (Å²) in [6.45, 7) is 3.44. The average Bonchev–Trinajstić information content (AvgIpc) is 2.54. The van der Waals surface area contributed by atoms with Crippen LogP contribution in [0.1, 0.15) is 11.1 Å². The van der Waals surface area contributed by atoms with Gasteiger partial charge in [-0.05, 0) is 61.4 Å². The van der Waals surface area contributed by atoms with E-state index < -0.39 is 11.4 Å². The molecule has 3 rings (SSSR count). The summed E-state index contributed by atoms with van der Waals surface area (Å²) < 4.78 is 18.5. The Labute approximate surface area is 143 Å². The molecule has 0 aliphatic heterocycles. The highest BCUT2D eigenvalue weighted by atomic mass is 35.5. The predicted molar refractivity (Wildman–Crippen MR) is 92.0 cm³/mol. The Bertz CT molecular complexity index is 975. The molecule has 0 atom stereocenters. The van der Waals surface area contributed by atoms with Crippen molar-refractivity contribution in [3.05, 3.63) is 74.9 Å². The van der Waals surface area contributed by atoms with E-state index in [9.17, 15) is 14.3 Å². The van der Waals surface area contributed by atoms with Crippen LogP contribution in [0.3, 0.4) is 0 Å². The van der Waals surface area contributed by atoms with Gasteiger partial charge in [-0.15, -0.1) is 0 Å². The predicted octanol–water partition coefficient (Wildman–Crippen LogP) is 5.09. The lowest BCUT2D eigenvalue weighted by Gasteiger charge is -2.12. The third kappa shape index (κ3) is 2.81. The molecule has 0 saturated carbocycles. The van der Waals surface area contributed by atoms with Gasteiger partial charge >= 0.3 is 5.63 Å².